The third kappa shape index (κ3) is 1.31. The molecule has 0 fully saturated rings. The van der Waals surface area contributed by atoms with Crippen LogP contribution in [0.25, 0.3) is 16.5 Å². The molecule has 0 aliphatic heterocycles. The van der Waals surface area contributed by atoms with Crippen molar-refractivity contribution in [1.29, 1.82) is 0 Å². The summed E-state index contributed by atoms with van der Waals surface area (Å²) < 4.78 is 2.05. The van der Waals surface area contributed by atoms with E-state index < -0.39 is 0 Å². The molecule has 2 heterocycles. The van der Waals surface area contributed by atoms with Crippen molar-refractivity contribution < 1.29 is 0 Å². The smallest absolute Gasteiger partial charge is 0.242 e. The van der Waals surface area contributed by atoms with Crippen LogP contribution in [0.1, 0.15) is 0 Å². The van der Waals surface area contributed by atoms with Gasteiger partial charge in [-0.15, -0.1) is 0 Å². The molecule has 0 bridgehead atoms. The normalized spacial score (nSPS) is 10.8. The number of hydrogen-bond donors (Lipinski definition) is 1. The third-order valence-corrected chi connectivity index (χ3v) is 2.64. The molecule has 1 N–H and O–H groups in total. The van der Waals surface area contributed by atoms with Crippen LogP contribution in [0, 0.1) is 4.77 Å². The molecule has 0 unspecified atom stereocenters. The zero-order valence-corrected chi connectivity index (χ0v) is 8.98. The van der Waals surface area contributed by atoms with E-state index >= 15 is 0 Å². The average Bonchev–Trinajstić information content (AvgIpc) is 2.75. The molecule has 1 aromatic carbocycles. The summed E-state index contributed by atoms with van der Waals surface area (Å²) in [7, 11) is 0. The fraction of sp³-hybridized carbons (Fsp3) is 0. The van der Waals surface area contributed by atoms with Crippen LogP contribution >= 0.6 is 12.2 Å². The Morgan fingerprint density at radius 2 is 2.19 bits per heavy atom. The molecule has 5 nitrogen and oxygen atoms in total. The molecule has 0 saturated carbocycles. The number of rotatable bonds is 1. The Kier molecular flexibility index (Phi) is 2.00. The van der Waals surface area contributed by atoms with Gasteiger partial charge in [0.15, 0.2) is 0 Å². The number of aromatic amines is 1. The summed E-state index contributed by atoms with van der Waals surface area (Å²) in [5, 5.41) is 12.3. The molecule has 0 radical (unpaired) electrons. The minimum Gasteiger partial charge on any atom is -0.264 e. The highest BCUT2D eigenvalue weighted by molar-refractivity contribution is 7.71. The van der Waals surface area contributed by atoms with Gasteiger partial charge in [0.05, 0.1) is 5.69 Å². The zero-order valence-electron chi connectivity index (χ0n) is 8.16. The molecule has 16 heavy (non-hydrogen) atoms. The highest BCUT2D eigenvalue weighted by atomic mass is 32.1. The Hall–Kier alpha value is -2.08. The Balaban J connectivity index is 2.41. The van der Waals surface area contributed by atoms with Gasteiger partial charge in [0.25, 0.3) is 0 Å². The Morgan fingerprint density at radius 3 is 3.00 bits per heavy atom. The highest BCUT2D eigenvalue weighted by Gasteiger charge is 2.04. The minimum atomic E-state index is 0.399. The maximum Gasteiger partial charge on any atom is 0.242 e. The van der Waals surface area contributed by atoms with Crippen LogP contribution < -0.4 is 0 Å². The molecule has 0 aliphatic rings. The molecule has 0 aliphatic carbocycles. The van der Waals surface area contributed by atoms with Crippen molar-refractivity contribution >= 4 is 23.0 Å². The summed E-state index contributed by atoms with van der Waals surface area (Å²) in [6.45, 7) is 0. The first-order valence-electron chi connectivity index (χ1n) is 4.69. The van der Waals surface area contributed by atoms with Gasteiger partial charge in [-0.05, 0) is 29.7 Å². The Morgan fingerprint density at radius 1 is 1.25 bits per heavy atom. The predicted octanol–water partition coefficient (Wildman–Crippen LogP) is 1.87. The number of nitrogens with zero attached hydrogens (tertiary/aromatic N) is 4. The molecule has 0 spiro atoms. The number of fused-ring (bicyclic) bond motifs is 1. The number of benzene rings is 1. The van der Waals surface area contributed by atoms with Crippen molar-refractivity contribution in [3.05, 3.63) is 41.4 Å². The van der Waals surface area contributed by atoms with E-state index in [1.54, 1.807) is 17.1 Å². The van der Waals surface area contributed by atoms with Crippen LogP contribution in [-0.2, 0) is 0 Å². The van der Waals surface area contributed by atoms with E-state index in [1.165, 1.54) is 0 Å². The molecular weight excluding hydrogens is 222 g/mol. The van der Waals surface area contributed by atoms with Gasteiger partial charge in [0.2, 0.25) is 4.77 Å². The molecule has 3 aromatic rings. The topological polar surface area (TPSA) is 59.4 Å². The standard InChI is InChI=1S/C10H7N5S/c16-10-12-13-14-15(10)9-3-1-2-7-4-5-11-6-8(7)9/h1-6H,(H,12,14,16). The van der Waals surface area contributed by atoms with Gasteiger partial charge in [0.1, 0.15) is 0 Å². The lowest BCUT2D eigenvalue weighted by Crippen LogP contribution is -1.97. The quantitative estimate of drug-likeness (QED) is 0.647. The van der Waals surface area contributed by atoms with Gasteiger partial charge in [-0.25, -0.2) is 4.68 Å². The van der Waals surface area contributed by atoms with Gasteiger partial charge in [-0.2, -0.15) is 5.21 Å². The van der Waals surface area contributed by atoms with Crippen LogP contribution in [-0.4, -0.2) is 25.2 Å². The fourth-order valence-corrected chi connectivity index (χ4v) is 1.83. The largest absolute Gasteiger partial charge is 0.264 e. The molecule has 78 valence electrons. The second kappa shape index (κ2) is 3.49. The molecule has 2 aromatic heterocycles. The molecule has 0 saturated heterocycles. The summed E-state index contributed by atoms with van der Waals surface area (Å²) in [4.78, 5) is 4.11. The van der Waals surface area contributed by atoms with E-state index in [4.69, 9.17) is 12.2 Å². The van der Waals surface area contributed by atoms with Crippen LogP contribution in [0.2, 0.25) is 0 Å². The summed E-state index contributed by atoms with van der Waals surface area (Å²) in [5.41, 5.74) is 0.903. The molecule has 0 amide bonds. The van der Waals surface area contributed by atoms with E-state index in [1.807, 2.05) is 24.3 Å². The van der Waals surface area contributed by atoms with Gasteiger partial charge >= 0.3 is 0 Å². The summed E-state index contributed by atoms with van der Waals surface area (Å²) in [6.07, 6.45) is 3.56. The van der Waals surface area contributed by atoms with E-state index in [9.17, 15) is 0 Å². The van der Waals surface area contributed by atoms with Crippen LogP contribution in [0.15, 0.2) is 36.7 Å². The van der Waals surface area contributed by atoms with Crippen molar-refractivity contribution in [1.82, 2.24) is 25.2 Å². The minimum absolute atomic E-state index is 0.399. The molecule has 6 heteroatoms. The number of pyridine rings is 1. The zero-order chi connectivity index (χ0) is 11.0. The van der Waals surface area contributed by atoms with Gasteiger partial charge in [-0.1, -0.05) is 22.4 Å². The van der Waals surface area contributed by atoms with E-state index in [0.29, 0.717) is 4.77 Å². The van der Waals surface area contributed by atoms with Crippen LogP contribution in [0.4, 0.5) is 0 Å². The van der Waals surface area contributed by atoms with E-state index in [2.05, 4.69) is 20.5 Å². The summed E-state index contributed by atoms with van der Waals surface area (Å²) in [5.74, 6) is 0. The number of nitrogens with one attached hydrogen (secondary N) is 1. The lowest BCUT2D eigenvalue weighted by atomic mass is 10.1. The maximum atomic E-state index is 5.07. The molecular formula is C10H7N5S. The van der Waals surface area contributed by atoms with Gasteiger partial charge in [-0.3, -0.25) is 4.98 Å². The lowest BCUT2D eigenvalue weighted by molar-refractivity contribution is 0.790. The predicted molar refractivity (Wildman–Crippen MR) is 61.8 cm³/mol. The van der Waals surface area contributed by atoms with Crippen molar-refractivity contribution in [2.45, 2.75) is 0 Å². The van der Waals surface area contributed by atoms with Crippen LogP contribution in [0.3, 0.4) is 0 Å². The average molecular weight is 229 g/mol. The highest BCUT2D eigenvalue weighted by Crippen LogP contribution is 2.20. The SMILES string of the molecule is S=c1nn[nH]n1-c1cccc2ccncc12. The van der Waals surface area contributed by atoms with Gasteiger partial charge in [0, 0.05) is 17.8 Å². The van der Waals surface area contributed by atoms with Crippen molar-refractivity contribution in [3.8, 4) is 5.69 Å². The van der Waals surface area contributed by atoms with E-state index in [-0.39, 0.29) is 0 Å². The molecule has 3 rings (SSSR count). The second-order valence-electron chi connectivity index (χ2n) is 3.29. The number of aromatic nitrogens is 5. The van der Waals surface area contributed by atoms with Crippen molar-refractivity contribution in [2.24, 2.45) is 0 Å². The summed E-state index contributed by atoms with van der Waals surface area (Å²) in [6, 6.07) is 7.88. The van der Waals surface area contributed by atoms with Crippen molar-refractivity contribution in [3.63, 3.8) is 0 Å². The fourth-order valence-electron chi connectivity index (χ4n) is 1.65. The number of tetrazole rings is 1. The third-order valence-electron chi connectivity index (χ3n) is 2.37. The number of hydrogen-bond acceptors (Lipinski definition) is 4. The Labute approximate surface area is 95.7 Å². The first kappa shape index (κ1) is 9.17. The van der Waals surface area contributed by atoms with Crippen LogP contribution in [0.5, 0.6) is 0 Å². The first-order valence-corrected chi connectivity index (χ1v) is 5.10. The van der Waals surface area contributed by atoms with E-state index in [0.717, 1.165) is 16.5 Å². The van der Waals surface area contributed by atoms with Gasteiger partial charge < -0.3 is 0 Å². The lowest BCUT2D eigenvalue weighted by Gasteiger charge is -2.04. The Bertz CT molecular complexity index is 694. The maximum absolute atomic E-state index is 5.07. The monoisotopic (exact) mass is 229 g/mol. The first-order chi connectivity index (χ1) is 7.86. The number of H-pyrrole nitrogens is 1. The van der Waals surface area contributed by atoms with Crippen molar-refractivity contribution in [2.75, 3.05) is 0 Å². The molecule has 0 atom stereocenters. The second-order valence-corrected chi connectivity index (χ2v) is 3.66. The summed E-state index contributed by atoms with van der Waals surface area (Å²) >= 11 is 5.07.